The predicted molar refractivity (Wildman–Crippen MR) is 112 cm³/mol. The monoisotopic (exact) mass is 396 g/mol. The van der Waals surface area contributed by atoms with Gasteiger partial charge in [-0.25, -0.2) is 18.4 Å². The smallest absolute Gasteiger partial charge is 0.263 e. The molecule has 3 aromatic rings. The van der Waals surface area contributed by atoms with Gasteiger partial charge in [0.25, 0.3) is 10.0 Å². The van der Waals surface area contributed by atoms with E-state index in [0.717, 1.165) is 25.0 Å². The van der Waals surface area contributed by atoms with E-state index in [1.165, 1.54) is 0 Å². The first kappa shape index (κ1) is 18.7. The number of nitrogens with one attached hydrogen (secondary N) is 1. The highest BCUT2D eigenvalue weighted by atomic mass is 32.2. The molecule has 0 spiro atoms. The van der Waals surface area contributed by atoms with Crippen molar-refractivity contribution in [3.05, 3.63) is 54.6 Å². The summed E-state index contributed by atoms with van der Waals surface area (Å²) in [5.41, 5.74) is 1.42. The van der Waals surface area contributed by atoms with Crippen molar-refractivity contribution < 1.29 is 8.42 Å². The lowest BCUT2D eigenvalue weighted by Crippen LogP contribution is -2.39. The number of benzene rings is 2. The van der Waals surface area contributed by atoms with Crippen molar-refractivity contribution in [3.63, 3.8) is 0 Å². The Hall–Kier alpha value is -2.67. The quantitative estimate of drug-likeness (QED) is 0.724. The molecule has 4 rings (SSSR count). The number of sulfonamides is 1. The summed E-state index contributed by atoms with van der Waals surface area (Å²) < 4.78 is 28.5. The number of hydrogen-bond acceptors (Lipinski definition) is 5. The molecule has 1 aliphatic heterocycles. The third kappa shape index (κ3) is 3.80. The lowest BCUT2D eigenvalue weighted by Gasteiger charge is -2.36. The van der Waals surface area contributed by atoms with Crippen LogP contribution in [0.4, 0.5) is 11.6 Å². The molecule has 2 aromatic carbocycles. The standard InChI is InChI=1S/C21H24N4O2S/c1-15-12-16(2)14-25(13-15)21-20(22-18-10-6-7-11-19(18)23-21)24-28(26,27)17-8-4-3-5-9-17/h3-11,15-16H,12-14H2,1-2H3,(H,22,24). The number of para-hydroxylation sites is 2. The van der Waals surface area contributed by atoms with Gasteiger partial charge in [0.15, 0.2) is 11.6 Å². The Labute approximate surface area is 165 Å². The Bertz CT molecular complexity index is 1080. The lowest BCUT2D eigenvalue weighted by atomic mass is 9.92. The summed E-state index contributed by atoms with van der Waals surface area (Å²) in [5.74, 6) is 1.90. The van der Waals surface area contributed by atoms with E-state index in [9.17, 15) is 8.42 Å². The molecule has 0 amide bonds. The molecule has 6 nitrogen and oxygen atoms in total. The van der Waals surface area contributed by atoms with Crippen molar-refractivity contribution in [2.75, 3.05) is 22.7 Å². The molecule has 1 aromatic heterocycles. The van der Waals surface area contributed by atoms with Crippen molar-refractivity contribution in [2.24, 2.45) is 11.8 Å². The van der Waals surface area contributed by atoms with Gasteiger partial charge in [0.1, 0.15) is 0 Å². The molecule has 2 heterocycles. The third-order valence-corrected chi connectivity index (χ3v) is 6.36. The Morgan fingerprint density at radius 2 is 1.46 bits per heavy atom. The molecule has 0 bridgehead atoms. The van der Waals surface area contributed by atoms with Crippen molar-refractivity contribution in [2.45, 2.75) is 25.2 Å². The first-order valence-corrected chi connectivity index (χ1v) is 11.0. The van der Waals surface area contributed by atoms with Crippen LogP contribution in [0.15, 0.2) is 59.5 Å². The van der Waals surface area contributed by atoms with Crippen LogP contribution in [-0.4, -0.2) is 31.5 Å². The minimum Gasteiger partial charge on any atom is -0.353 e. The summed E-state index contributed by atoms with van der Waals surface area (Å²) in [4.78, 5) is 11.8. The Morgan fingerprint density at radius 3 is 2.11 bits per heavy atom. The minimum absolute atomic E-state index is 0.205. The first-order valence-electron chi connectivity index (χ1n) is 9.52. The van der Waals surface area contributed by atoms with E-state index in [1.54, 1.807) is 30.3 Å². The lowest BCUT2D eigenvalue weighted by molar-refractivity contribution is 0.355. The van der Waals surface area contributed by atoms with Gasteiger partial charge < -0.3 is 4.90 Å². The molecule has 28 heavy (non-hydrogen) atoms. The Balaban J connectivity index is 1.80. The normalized spacial score (nSPS) is 20.3. The van der Waals surface area contributed by atoms with Crippen LogP contribution >= 0.6 is 0 Å². The van der Waals surface area contributed by atoms with Crippen LogP contribution < -0.4 is 9.62 Å². The fourth-order valence-electron chi connectivity index (χ4n) is 3.90. The van der Waals surface area contributed by atoms with Crippen molar-refractivity contribution in [1.82, 2.24) is 9.97 Å². The van der Waals surface area contributed by atoms with Gasteiger partial charge in [0, 0.05) is 13.1 Å². The van der Waals surface area contributed by atoms with Crippen molar-refractivity contribution in [3.8, 4) is 0 Å². The molecule has 146 valence electrons. The van der Waals surface area contributed by atoms with Crippen LogP contribution in [0.1, 0.15) is 20.3 Å². The second-order valence-electron chi connectivity index (χ2n) is 7.65. The maximum Gasteiger partial charge on any atom is 0.263 e. The van der Waals surface area contributed by atoms with E-state index < -0.39 is 10.0 Å². The topological polar surface area (TPSA) is 75.2 Å². The van der Waals surface area contributed by atoms with Gasteiger partial charge in [-0.05, 0) is 42.5 Å². The molecule has 0 radical (unpaired) electrons. The third-order valence-electron chi connectivity index (χ3n) is 5.01. The predicted octanol–water partition coefficient (Wildman–Crippen LogP) is 3.91. The second-order valence-corrected chi connectivity index (χ2v) is 9.34. The highest BCUT2D eigenvalue weighted by Gasteiger charge is 2.27. The second kappa shape index (κ2) is 7.39. The van der Waals surface area contributed by atoms with Gasteiger partial charge >= 0.3 is 0 Å². The van der Waals surface area contributed by atoms with Crippen LogP contribution in [0.5, 0.6) is 0 Å². The molecule has 1 N–H and O–H groups in total. The number of hydrogen-bond donors (Lipinski definition) is 1. The number of anilines is 2. The summed E-state index contributed by atoms with van der Waals surface area (Å²) in [5, 5.41) is 0. The van der Waals surface area contributed by atoms with Gasteiger partial charge in [0.2, 0.25) is 0 Å². The molecular weight excluding hydrogens is 372 g/mol. The molecule has 2 atom stereocenters. The van der Waals surface area contributed by atoms with Crippen LogP contribution in [0.25, 0.3) is 11.0 Å². The van der Waals surface area contributed by atoms with Crippen molar-refractivity contribution in [1.29, 1.82) is 0 Å². The van der Waals surface area contributed by atoms with Gasteiger partial charge in [-0.15, -0.1) is 0 Å². The van der Waals surface area contributed by atoms with Crippen molar-refractivity contribution >= 4 is 32.7 Å². The first-order chi connectivity index (χ1) is 13.4. The zero-order valence-corrected chi connectivity index (χ0v) is 16.9. The van der Waals surface area contributed by atoms with E-state index in [1.807, 2.05) is 24.3 Å². The summed E-state index contributed by atoms with van der Waals surface area (Å²) in [6.07, 6.45) is 1.16. The van der Waals surface area contributed by atoms with Gasteiger partial charge in [-0.1, -0.05) is 44.2 Å². The van der Waals surface area contributed by atoms with Gasteiger partial charge in [-0.3, -0.25) is 4.72 Å². The van der Waals surface area contributed by atoms with E-state index in [2.05, 4.69) is 28.5 Å². The van der Waals surface area contributed by atoms with E-state index in [0.29, 0.717) is 23.2 Å². The Kier molecular flexibility index (Phi) is 4.93. The maximum atomic E-state index is 12.9. The Morgan fingerprint density at radius 1 is 0.893 bits per heavy atom. The largest absolute Gasteiger partial charge is 0.353 e. The fourth-order valence-corrected chi connectivity index (χ4v) is 4.93. The number of fused-ring (bicyclic) bond motifs is 1. The van der Waals surface area contributed by atoms with Crippen LogP contribution in [0.2, 0.25) is 0 Å². The number of nitrogens with zero attached hydrogens (tertiary/aromatic N) is 3. The SMILES string of the molecule is CC1CC(C)CN(c2nc3ccccc3nc2NS(=O)(=O)c2ccccc2)C1. The summed E-state index contributed by atoms with van der Waals surface area (Å²) >= 11 is 0. The van der Waals surface area contributed by atoms with Gasteiger partial charge in [-0.2, -0.15) is 0 Å². The van der Waals surface area contributed by atoms with Crippen LogP contribution in [-0.2, 0) is 10.0 Å². The molecule has 0 aliphatic carbocycles. The van der Waals surface area contributed by atoms with E-state index >= 15 is 0 Å². The molecule has 1 aliphatic rings. The molecular formula is C21H24N4O2S. The molecule has 1 saturated heterocycles. The fraction of sp³-hybridized carbons (Fsp3) is 0.333. The van der Waals surface area contributed by atoms with Crippen LogP contribution in [0, 0.1) is 11.8 Å². The summed E-state index contributed by atoms with van der Waals surface area (Å²) in [7, 11) is -3.75. The summed E-state index contributed by atoms with van der Waals surface area (Å²) in [6.45, 7) is 6.09. The van der Waals surface area contributed by atoms with Gasteiger partial charge in [0.05, 0.1) is 15.9 Å². The highest BCUT2D eigenvalue weighted by Crippen LogP contribution is 2.32. The molecule has 0 saturated carbocycles. The molecule has 7 heteroatoms. The summed E-state index contributed by atoms with van der Waals surface area (Å²) in [6, 6.07) is 15.9. The van der Waals surface area contributed by atoms with E-state index in [-0.39, 0.29) is 10.7 Å². The number of piperidine rings is 1. The average Bonchev–Trinajstić information content (AvgIpc) is 2.67. The molecule has 2 unspecified atom stereocenters. The maximum absolute atomic E-state index is 12.9. The zero-order chi connectivity index (χ0) is 19.7. The minimum atomic E-state index is -3.75. The number of rotatable bonds is 4. The molecule has 1 fully saturated rings. The van der Waals surface area contributed by atoms with E-state index in [4.69, 9.17) is 4.98 Å². The zero-order valence-electron chi connectivity index (χ0n) is 16.0. The average molecular weight is 397 g/mol. The van der Waals surface area contributed by atoms with Crippen LogP contribution in [0.3, 0.4) is 0 Å². The highest BCUT2D eigenvalue weighted by molar-refractivity contribution is 7.92. The number of aromatic nitrogens is 2.